The van der Waals surface area contributed by atoms with Crippen LogP contribution in [0.2, 0.25) is 10.0 Å². The first-order chi connectivity index (χ1) is 10.1. The molecule has 2 heterocycles. The second kappa shape index (κ2) is 4.47. The SMILES string of the molecule is O=C1c2cc(Cl)ccc2OCC12OC2c1ccc(Cl)cc1. The molecule has 5 heteroatoms. The van der Waals surface area contributed by atoms with Crippen LogP contribution in [0.4, 0.5) is 0 Å². The molecule has 0 bridgehead atoms. The molecule has 2 aliphatic heterocycles. The lowest BCUT2D eigenvalue weighted by molar-refractivity contribution is 0.0755. The van der Waals surface area contributed by atoms with Gasteiger partial charge >= 0.3 is 0 Å². The smallest absolute Gasteiger partial charge is 0.205 e. The van der Waals surface area contributed by atoms with E-state index in [1.165, 1.54) is 0 Å². The Hall–Kier alpha value is -1.55. The Morgan fingerprint density at radius 1 is 1.05 bits per heavy atom. The van der Waals surface area contributed by atoms with Crippen molar-refractivity contribution in [1.82, 2.24) is 0 Å². The van der Waals surface area contributed by atoms with Crippen LogP contribution in [0.3, 0.4) is 0 Å². The number of ketones is 1. The predicted octanol–water partition coefficient (Wildman–Crippen LogP) is 4.08. The first-order valence-electron chi connectivity index (χ1n) is 6.51. The van der Waals surface area contributed by atoms with E-state index < -0.39 is 5.60 Å². The molecule has 1 saturated heterocycles. The molecule has 1 spiro atoms. The third-order valence-electron chi connectivity index (χ3n) is 3.88. The summed E-state index contributed by atoms with van der Waals surface area (Å²) in [6.45, 7) is 0.216. The summed E-state index contributed by atoms with van der Waals surface area (Å²) in [4.78, 5) is 12.7. The maximum atomic E-state index is 12.7. The van der Waals surface area contributed by atoms with Crippen molar-refractivity contribution in [2.24, 2.45) is 0 Å². The van der Waals surface area contributed by atoms with Crippen LogP contribution in [0.25, 0.3) is 0 Å². The van der Waals surface area contributed by atoms with Crippen LogP contribution in [-0.4, -0.2) is 18.0 Å². The lowest BCUT2D eigenvalue weighted by Crippen LogP contribution is -2.37. The minimum atomic E-state index is -0.925. The molecule has 2 aliphatic rings. The van der Waals surface area contributed by atoms with E-state index in [-0.39, 0.29) is 18.5 Å². The van der Waals surface area contributed by atoms with Crippen LogP contribution in [0, 0.1) is 0 Å². The average molecular weight is 321 g/mol. The highest BCUT2D eigenvalue weighted by molar-refractivity contribution is 6.31. The third kappa shape index (κ3) is 1.96. The van der Waals surface area contributed by atoms with Crippen molar-refractivity contribution in [2.75, 3.05) is 6.61 Å². The molecule has 0 N–H and O–H groups in total. The van der Waals surface area contributed by atoms with Gasteiger partial charge in [0, 0.05) is 10.0 Å². The van der Waals surface area contributed by atoms with Crippen LogP contribution in [0.5, 0.6) is 5.75 Å². The van der Waals surface area contributed by atoms with Crippen LogP contribution in [0.1, 0.15) is 22.0 Å². The number of hydrogen-bond acceptors (Lipinski definition) is 3. The van der Waals surface area contributed by atoms with E-state index in [4.69, 9.17) is 32.7 Å². The zero-order valence-corrected chi connectivity index (χ0v) is 12.3. The molecule has 3 nitrogen and oxygen atoms in total. The quantitative estimate of drug-likeness (QED) is 0.743. The fourth-order valence-electron chi connectivity index (χ4n) is 2.72. The second-order valence-corrected chi connectivity index (χ2v) is 6.07. The summed E-state index contributed by atoms with van der Waals surface area (Å²) in [5.74, 6) is 0.478. The van der Waals surface area contributed by atoms with Crippen molar-refractivity contribution in [3.8, 4) is 5.75 Å². The molecular formula is C16H10Cl2O3. The summed E-state index contributed by atoms with van der Waals surface area (Å²) in [5, 5.41) is 1.16. The Morgan fingerprint density at radius 2 is 1.76 bits per heavy atom. The van der Waals surface area contributed by atoms with E-state index in [0.717, 1.165) is 5.56 Å². The van der Waals surface area contributed by atoms with E-state index in [0.29, 0.717) is 21.4 Å². The van der Waals surface area contributed by atoms with E-state index >= 15 is 0 Å². The highest BCUT2D eigenvalue weighted by atomic mass is 35.5. The summed E-state index contributed by atoms with van der Waals surface area (Å²) in [6, 6.07) is 12.3. The maximum Gasteiger partial charge on any atom is 0.205 e. The van der Waals surface area contributed by atoms with E-state index in [1.807, 2.05) is 12.1 Å². The molecule has 1 fully saturated rings. The van der Waals surface area contributed by atoms with E-state index in [1.54, 1.807) is 30.3 Å². The molecule has 0 amide bonds. The largest absolute Gasteiger partial charge is 0.489 e. The first kappa shape index (κ1) is 13.1. The Balaban J connectivity index is 1.69. The predicted molar refractivity (Wildman–Crippen MR) is 79.3 cm³/mol. The van der Waals surface area contributed by atoms with Gasteiger partial charge in [0.15, 0.2) is 5.60 Å². The fourth-order valence-corrected chi connectivity index (χ4v) is 3.02. The molecule has 0 aromatic heterocycles. The topological polar surface area (TPSA) is 38.8 Å². The third-order valence-corrected chi connectivity index (χ3v) is 4.37. The van der Waals surface area contributed by atoms with Gasteiger partial charge in [-0.3, -0.25) is 4.79 Å². The van der Waals surface area contributed by atoms with Crippen molar-refractivity contribution in [3.63, 3.8) is 0 Å². The second-order valence-electron chi connectivity index (χ2n) is 5.20. The Kier molecular flexibility index (Phi) is 2.80. The van der Waals surface area contributed by atoms with E-state index in [2.05, 4.69) is 0 Å². The summed E-state index contributed by atoms with van der Waals surface area (Å²) < 4.78 is 11.4. The van der Waals surface area contributed by atoms with Gasteiger partial charge in [0.2, 0.25) is 5.78 Å². The average Bonchev–Trinajstić information content (AvgIpc) is 3.20. The van der Waals surface area contributed by atoms with Gasteiger partial charge < -0.3 is 9.47 Å². The Bertz CT molecular complexity index is 742. The monoisotopic (exact) mass is 320 g/mol. The van der Waals surface area contributed by atoms with Gasteiger partial charge in [0.05, 0.1) is 5.56 Å². The zero-order valence-electron chi connectivity index (χ0n) is 10.8. The molecule has 2 unspecified atom stereocenters. The van der Waals surface area contributed by atoms with Crippen LogP contribution >= 0.6 is 23.2 Å². The van der Waals surface area contributed by atoms with Gasteiger partial charge in [-0.2, -0.15) is 0 Å². The summed E-state index contributed by atoms with van der Waals surface area (Å²) in [7, 11) is 0. The lowest BCUT2D eigenvalue weighted by Gasteiger charge is -2.22. The van der Waals surface area contributed by atoms with Crippen molar-refractivity contribution >= 4 is 29.0 Å². The highest BCUT2D eigenvalue weighted by Crippen LogP contribution is 2.54. The molecule has 0 saturated carbocycles. The molecule has 0 radical (unpaired) electrons. The number of hydrogen-bond donors (Lipinski definition) is 0. The molecule has 2 aromatic rings. The van der Waals surface area contributed by atoms with Gasteiger partial charge in [-0.15, -0.1) is 0 Å². The standard InChI is InChI=1S/C16H10Cl2O3/c17-10-3-1-9(2-4-10)15-16(21-15)8-20-13-6-5-11(18)7-12(13)14(16)19/h1-7,15H,8H2. The summed E-state index contributed by atoms with van der Waals surface area (Å²) >= 11 is 11.8. The number of benzene rings is 2. The van der Waals surface area contributed by atoms with Crippen LogP contribution < -0.4 is 4.74 Å². The molecule has 2 atom stereocenters. The molecule has 4 rings (SSSR count). The Morgan fingerprint density at radius 3 is 2.52 bits per heavy atom. The van der Waals surface area contributed by atoms with Crippen molar-refractivity contribution in [1.29, 1.82) is 0 Å². The number of epoxide rings is 1. The van der Waals surface area contributed by atoms with Gasteiger partial charge in [-0.1, -0.05) is 35.3 Å². The van der Waals surface area contributed by atoms with Crippen LogP contribution in [0.15, 0.2) is 42.5 Å². The number of ether oxygens (including phenoxy) is 2. The van der Waals surface area contributed by atoms with Crippen molar-refractivity contribution in [2.45, 2.75) is 11.7 Å². The number of carbonyl (C=O) groups is 1. The van der Waals surface area contributed by atoms with Crippen LogP contribution in [-0.2, 0) is 4.74 Å². The minimum absolute atomic E-state index is 0.0776. The molecule has 2 aromatic carbocycles. The number of rotatable bonds is 1. The zero-order chi connectivity index (χ0) is 14.6. The number of fused-ring (bicyclic) bond motifs is 1. The number of Topliss-reactive ketones (excluding diaryl/α,β-unsaturated/α-hetero) is 1. The van der Waals surface area contributed by atoms with Crippen molar-refractivity contribution in [3.05, 3.63) is 63.6 Å². The molecular weight excluding hydrogens is 311 g/mol. The van der Waals surface area contributed by atoms with E-state index in [9.17, 15) is 4.79 Å². The highest BCUT2D eigenvalue weighted by Gasteiger charge is 2.65. The fraction of sp³-hybridized carbons (Fsp3) is 0.188. The Labute approximate surface area is 131 Å². The molecule has 21 heavy (non-hydrogen) atoms. The van der Waals surface area contributed by atoms with Crippen molar-refractivity contribution < 1.29 is 14.3 Å². The molecule has 106 valence electrons. The van der Waals surface area contributed by atoms with Gasteiger partial charge in [-0.05, 0) is 35.9 Å². The molecule has 0 aliphatic carbocycles. The van der Waals surface area contributed by atoms with Gasteiger partial charge in [0.1, 0.15) is 18.5 Å². The number of halogens is 2. The first-order valence-corrected chi connectivity index (χ1v) is 7.26. The van der Waals surface area contributed by atoms with Gasteiger partial charge in [-0.25, -0.2) is 0 Å². The normalized spacial score (nSPS) is 26.4. The van der Waals surface area contributed by atoms with Gasteiger partial charge in [0.25, 0.3) is 0 Å². The summed E-state index contributed by atoms with van der Waals surface area (Å²) in [6.07, 6.45) is -0.297. The lowest BCUT2D eigenvalue weighted by atomic mass is 9.89. The maximum absolute atomic E-state index is 12.7. The summed E-state index contributed by atoms with van der Waals surface area (Å²) in [5.41, 5.74) is 0.470. The minimum Gasteiger partial charge on any atom is -0.489 e. The number of carbonyl (C=O) groups excluding carboxylic acids is 1.